The summed E-state index contributed by atoms with van der Waals surface area (Å²) in [6, 6.07) is -1.14. The second-order valence-corrected chi connectivity index (χ2v) is 19.6. The van der Waals surface area contributed by atoms with Crippen molar-refractivity contribution in [2.75, 3.05) is 27.9 Å². The molecular weight excluding hydrogens is 835 g/mol. The zero-order valence-corrected chi connectivity index (χ0v) is 40.6. The predicted molar refractivity (Wildman–Crippen MR) is 245 cm³/mol. The smallest absolute Gasteiger partial charge is 0.329 e. The number of rotatable bonds is 6. The van der Waals surface area contributed by atoms with Crippen LogP contribution in [0.25, 0.3) is 0 Å². The Kier molecular flexibility index (Phi) is 21.0. The fourth-order valence-electron chi connectivity index (χ4n) is 10.1. The minimum atomic E-state index is -2.43. The van der Waals surface area contributed by atoms with Crippen LogP contribution in [0.3, 0.4) is 0 Å². The Hall–Kier alpha value is -3.37. The van der Waals surface area contributed by atoms with Crippen LogP contribution in [-0.2, 0) is 47.7 Å². The first-order valence-electron chi connectivity index (χ1n) is 23.9. The van der Waals surface area contributed by atoms with Crippen molar-refractivity contribution >= 4 is 29.2 Å². The van der Waals surface area contributed by atoms with E-state index in [1.165, 1.54) is 12.0 Å². The molecule has 3 aliphatic heterocycles. The van der Waals surface area contributed by atoms with E-state index in [4.69, 9.17) is 23.7 Å². The summed E-state index contributed by atoms with van der Waals surface area (Å²) >= 11 is 0. The van der Waals surface area contributed by atoms with Crippen molar-refractivity contribution in [2.24, 2.45) is 35.5 Å². The van der Waals surface area contributed by atoms with Gasteiger partial charge in [-0.25, -0.2) is 4.79 Å². The first-order chi connectivity index (χ1) is 30.7. The number of nitrogens with zero attached hydrogens (tertiary/aromatic N) is 1. The molecule has 3 heterocycles. The first-order valence-corrected chi connectivity index (χ1v) is 23.9. The molecule has 4 rings (SSSR count). The summed E-state index contributed by atoms with van der Waals surface area (Å²) in [6.07, 6.45) is 11.2. The number of Topliss-reactive ketones (excluding diaryl/α,β-unsaturated/α-hetero) is 3. The number of amides is 1. The summed E-state index contributed by atoms with van der Waals surface area (Å²) in [7, 11) is 4.53. The Labute approximate surface area is 387 Å². The maximum Gasteiger partial charge on any atom is 0.329 e. The standard InChI is InChI=1S/C51H79NO13/c1-30-16-12-11-13-17-31(2)42(61-8)28-38-21-19-36(7)51(60,65-38)48(57)49(58)52-23-15-14-18-39(52)50(59)64-43(33(4)26-37-20-22-40(53)44(27-37)62-9)29-41(54)32(3)25-35(6)46(56)47(63-10)45(55)34(5)24-30/h11-13,16-17,25,30,33-40,42-44,46-47,53,56,60H,14-15,18-24,26-29H2,1-10H3/b13-11?,16-12?,31-17?,32-25+/t30-,33-,34?,35?,36-,37+,38+,39+,40-,42+,43+,44-,46-,47?,51?/m1/s1. The van der Waals surface area contributed by atoms with E-state index >= 15 is 0 Å². The fraction of sp³-hybridized carbons (Fsp3) is 0.745. The maximum atomic E-state index is 14.4. The number of ketones is 3. The molecule has 0 spiro atoms. The predicted octanol–water partition coefficient (Wildman–Crippen LogP) is 6.18. The zero-order valence-electron chi connectivity index (χ0n) is 40.6. The zero-order chi connectivity index (χ0) is 48.2. The lowest BCUT2D eigenvalue weighted by Crippen LogP contribution is -2.61. The van der Waals surface area contributed by atoms with E-state index in [0.717, 1.165) is 12.0 Å². The van der Waals surface area contributed by atoms with E-state index in [9.17, 15) is 39.3 Å². The number of carbonyl (C=O) groups is 5. The van der Waals surface area contributed by atoms with Crippen LogP contribution in [0, 0.1) is 35.5 Å². The summed E-state index contributed by atoms with van der Waals surface area (Å²) in [6.45, 7) is 12.7. The fourth-order valence-corrected chi connectivity index (χ4v) is 10.1. The first kappa shape index (κ1) is 54.2. The summed E-state index contributed by atoms with van der Waals surface area (Å²) in [5.41, 5.74) is 1.19. The van der Waals surface area contributed by atoms with Crippen molar-refractivity contribution in [2.45, 2.75) is 180 Å². The Balaban J connectivity index is 1.70. The quantitative estimate of drug-likeness (QED) is 0.202. The van der Waals surface area contributed by atoms with Gasteiger partial charge in [0.25, 0.3) is 11.7 Å². The minimum absolute atomic E-state index is 0.0220. The van der Waals surface area contributed by atoms with Crippen LogP contribution in [0.4, 0.5) is 0 Å². The number of ether oxygens (including phenoxy) is 5. The molecule has 14 nitrogen and oxygen atoms in total. The van der Waals surface area contributed by atoms with Crippen LogP contribution >= 0.6 is 0 Å². The lowest BCUT2D eigenvalue weighted by atomic mass is 9.78. The molecule has 4 unspecified atom stereocenters. The number of allylic oxidation sites excluding steroid dienone is 6. The molecule has 3 N–H and O–H groups in total. The molecule has 4 aliphatic rings. The molecule has 2 bridgehead atoms. The average molecular weight is 914 g/mol. The minimum Gasteiger partial charge on any atom is -0.460 e. The summed E-state index contributed by atoms with van der Waals surface area (Å²) in [5.74, 6) is -7.93. The van der Waals surface area contributed by atoms with Gasteiger partial charge in [-0.2, -0.15) is 0 Å². The number of hydrogen-bond donors (Lipinski definition) is 3. The number of fused-ring (bicyclic) bond motifs is 3. The molecule has 2 saturated heterocycles. The van der Waals surface area contributed by atoms with Crippen molar-refractivity contribution in [3.63, 3.8) is 0 Å². The number of cyclic esters (lactones) is 1. The van der Waals surface area contributed by atoms with Gasteiger partial charge in [0.15, 0.2) is 11.6 Å². The molecule has 0 aromatic carbocycles. The lowest BCUT2D eigenvalue weighted by Gasteiger charge is -2.42. The number of hydrogen-bond acceptors (Lipinski definition) is 13. The van der Waals surface area contributed by atoms with Gasteiger partial charge in [-0.1, -0.05) is 71.1 Å². The van der Waals surface area contributed by atoms with Gasteiger partial charge in [0.05, 0.1) is 30.5 Å². The molecule has 1 amide bonds. The SMILES string of the molecule is COC1C(=O)C(C)C[C@H](C)C=CC=CC=C(C)[C@@H](OC)C[C@@H]2CC[C@@H](C)C(O)(O2)C(=O)C(=O)N2CCCC[C@H]2C(=O)O[C@H]([C@H](C)C[C@@H]2CC[C@@H](O)[C@H](OC)C2)CC(=O)/C(C)=C/C(C)[C@H]1O. The Morgan fingerprint density at radius 3 is 2.26 bits per heavy atom. The molecular formula is C51H79NO13. The number of aliphatic hydroxyl groups excluding tert-OH is 2. The van der Waals surface area contributed by atoms with E-state index in [1.807, 2.05) is 58.1 Å². The van der Waals surface area contributed by atoms with E-state index in [2.05, 4.69) is 0 Å². The van der Waals surface area contributed by atoms with Crippen molar-refractivity contribution in [1.29, 1.82) is 0 Å². The second-order valence-electron chi connectivity index (χ2n) is 19.6. The summed E-state index contributed by atoms with van der Waals surface area (Å²) in [5, 5.41) is 33.9. The Bertz CT molecular complexity index is 1760. The topological polar surface area (TPSA) is 195 Å². The highest BCUT2D eigenvalue weighted by atomic mass is 16.6. The van der Waals surface area contributed by atoms with Gasteiger partial charge < -0.3 is 43.9 Å². The second kappa shape index (κ2) is 25.1. The molecule has 0 aromatic rings. The van der Waals surface area contributed by atoms with Gasteiger partial charge in [-0.3, -0.25) is 19.2 Å². The molecule has 1 aliphatic carbocycles. The highest BCUT2D eigenvalue weighted by Gasteiger charge is 2.53. The Morgan fingerprint density at radius 1 is 0.862 bits per heavy atom. The van der Waals surface area contributed by atoms with E-state index in [0.29, 0.717) is 63.4 Å². The molecule has 15 atom stereocenters. The number of esters is 1. The van der Waals surface area contributed by atoms with Crippen molar-refractivity contribution < 1.29 is 63.0 Å². The third kappa shape index (κ3) is 14.3. The molecule has 3 fully saturated rings. The van der Waals surface area contributed by atoms with Crippen LogP contribution in [0.5, 0.6) is 0 Å². The maximum absolute atomic E-state index is 14.4. The molecule has 0 aromatic heterocycles. The van der Waals surface area contributed by atoms with Crippen LogP contribution in [-0.4, -0.2) is 132 Å². The molecule has 0 radical (unpaired) electrons. The Morgan fingerprint density at radius 2 is 1.58 bits per heavy atom. The largest absolute Gasteiger partial charge is 0.460 e. The highest BCUT2D eigenvalue weighted by Crippen LogP contribution is 2.38. The normalized spacial score (nSPS) is 38.6. The van der Waals surface area contributed by atoms with Gasteiger partial charge in [0, 0.05) is 58.5 Å². The number of piperidine rings is 1. The third-order valence-electron chi connectivity index (χ3n) is 14.5. The van der Waals surface area contributed by atoms with Crippen LogP contribution in [0.2, 0.25) is 0 Å². The highest BCUT2D eigenvalue weighted by molar-refractivity contribution is 6.39. The summed E-state index contributed by atoms with van der Waals surface area (Å²) < 4.78 is 29.4. The van der Waals surface area contributed by atoms with Crippen LogP contribution < -0.4 is 0 Å². The van der Waals surface area contributed by atoms with Crippen LogP contribution in [0.15, 0.2) is 47.6 Å². The number of aliphatic hydroxyl groups is 3. The molecule has 65 heavy (non-hydrogen) atoms. The average Bonchev–Trinajstić information content (AvgIpc) is 3.28. The van der Waals surface area contributed by atoms with Gasteiger partial charge >= 0.3 is 5.97 Å². The van der Waals surface area contributed by atoms with Gasteiger partial charge in [0.2, 0.25) is 5.79 Å². The van der Waals surface area contributed by atoms with Gasteiger partial charge in [-0.05, 0) is 107 Å². The van der Waals surface area contributed by atoms with Gasteiger partial charge in [-0.15, -0.1) is 0 Å². The molecule has 366 valence electrons. The van der Waals surface area contributed by atoms with Crippen molar-refractivity contribution in [1.82, 2.24) is 4.90 Å². The lowest BCUT2D eigenvalue weighted by molar-refractivity contribution is -0.265. The van der Waals surface area contributed by atoms with Crippen LogP contribution in [0.1, 0.15) is 126 Å². The summed E-state index contributed by atoms with van der Waals surface area (Å²) in [4.78, 5) is 71.7. The van der Waals surface area contributed by atoms with Crippen molar-refractivity contribution in [3.8, 4) is 0 Å². The van der Waals surface area contributed by atoms with Crippen molar-refractivity contribution in [3.05, 3.63) is 47.6 Å². The number of methoxy groups -OCH3 is 3. The monoisotopic (exact) mass is 914 g/mol. The van der Waals surface area contributed by atoms with E-state index < -0.39 is 83.9 Å². The third-order valence-corrected chi connectivity index (χ3v) is 14.5. The van der Waals surface area contributed by atoms with E-state index in [-0.39, 0.29) is 54.8 Å². The van der Waals surface area contributed by atoms with E-state index in [1.54, 1.807) is 41.1 Å². The number of carbonyl (C=O) groups excluding carboxylic acids is 5. The molecule has 14 heteroatoms. The van der Waals surface area contributed by atoms with Gasteiger partial charge in [0.1, 0.15) is 18.2 Å². The molecule has 1 saturated carbocycles.